The van der Waals surface area contributed by atoms with Gasteiger partial charge in [-0.25, -0.2) is 11.3 Å². The molecule has 1 radical (unpaired) electrons. The van der Waals surface area contributed by atoms with Crippen molar-refractivity contribution < 1.29 is 51.2 Å². The van der Waals surface area contributed by atoms with Gasteiger partial charge in [-0.1, -0.05) is 42.5 Å². The maximum Gasteiger partial charge on any atom is 0.417 e. The van der Waals surface area contributed by atoms with Crippen LogP contribution in [0.3, 0.4) is 0 Å². The maximum absolute atomic E-state index is 13.5. The number of ether oxygens (including phenoxy) is 1. The van der Waals surface area contributed by atoms with Gasteiger partial charge in [0.05, 0.1) is 11.1 Å². The maximum atomic E-state index is 13.5. The van der Waals surface area contributed by atoms with Crippen LogP contribution in [0.2, 0.25) is 0 Å². The molecule has 0 saturated heterocycles. The van der Waals surface area contributed by atoms with Gasteiger partial charge in [0.1, 0.15) is 5.75 Å². The zero-order valence-corrected chi connectivity index (χ0v) is 22.5. The number of hydrogen-bond acceptors (Lipinski definition) is 4. The van der Waals surface area contributed by atoms with Crippen LogP contribution in [0.15, 0.2) is 78.9 Å². The van der Waals surface area contributed by atoms with Gasteiger partial charge >= 0.3 is 12.4 Å². The van der Waals surface area contributed by atoms with E-state index in [0.29, 0.717) is 33.5 Å². The average molecular weight is 732 g/mol. The largest absolute Gasteiger partial charge is 0.437 e. The molecule has 3 nitrogen and oxygen atoms in total. The summed E-state index contributed by atoms with van der Waals surface area (Å²) in [4.78, 5) is 0.708. The molecule has 0 fully saturated rings. The van der Waals surface area contributed by atoms with Crippen LogP contribution in [0.1, 0.15) is 11.1 Å². The second-order valence-corrected chi connectivity index (χ2v) is 9.51. The summed E-state index contributed by atoms with van der Waals surface area (Å²) in [6.07, 6.45) is -10.4. The van der Waals surface area contributed by atoms with Gasteiger partial charge in [0, 0.05) is 31.2 Å². The van der Waals surface area contributed by atoms with E-state index in [2.05, 4.69) is 16.3 Å². The van der Waals surface area contributed by atoms with Gasteiger partial charge < -0.3 is 4.74 Å². The molecule has 0 N–H and O–H groups in total. The molecule has 6 rings (SSSR count). The Labute approximate surface area is 234 Å². The molecule has 0 unspecified atom stereocenters. The molecule has 4 aromatic carbocycles. The molecule has 0 bridgehead atoms. The van der Waals surface area contributed by atoms with E-state index < -0.39 is 29.2 Å². The Hall–Kier alpha value is -3.53. The minimum atomic E-state index is -5.24. The zero-order valence-electron chi connectivity index (χ0n) is 19.3. The Bertz CT molecular complexity index is 1820. The Morgan fingerprint density at radius 2 is 1.33 bits per heavy atom. The van der Waals surface area contributed by atoms with Gasteiger partial charge in [0.25, 0.3) is 0 Å². The van der Waals surface area contributed by atoms with Crippen LogP contribution < -0.4 is 4.74 Å². The first-order valence-corrected chi connectivity index (χ1v) is 12.0. The van der Waals surface area contributed by atoms with E-state index in [1.807, 2.05) is 54.6 Å². The van der Waals surface area contributed by atoms with Crippen LogP contribution in [-0.4, -0.2) is 10.2 Å². The Kier molecular flexibility index (Phi) is 6.86. The number of alkyl halides is 6. The van der Waals surface area contributed by atoms with E-state index in [1.54, 1.807) is 6.07 Å². The number of hydrogen-bond donors (Lipinski definition) is 0. The predicted octanol–water partition coefficient (Wildman–Crippen LogP) is 9.29. The van der Waals surface area contributed by atoms with Crippen LogP contribution in [0, 0.1) is 6.07 Å². The number of fused-ring (bicyclic) bond motifs is 3. The van der Waals surface area contributed by atoms with Gasteiger partial charge in [-0.15, -0.1) is 28.7 Å². The Morgan fingerprint density at radius 1 is 0.692 bits per heavy atom. The molecule has 6 aromatic rings. The number of nitrogens with zero attached hydrogens (tertiary/aromatic N) is 2. The molecular formula is C28H13F6IrN2OS-. The molecule has 199 valence electrons. The van der Waals surface area contributed by atoms with E-state index in [0.717, 1.165) is 26.9 Å². The summed E-state index contributed by atoms with van der Waals surface area (Å²) in [7, 11) is 0. The van der Waals surface area contributed by atoms with Gasteiger partial charge in [-0.2, -0.15) is 31.4 Å². The molecule has 0 aliphatic rings. The van der Waals surface area contributed by atoms with Crippen molar-refractivity contribution in [3.05, 3.63) is 96.1 Å². The van der Waals surface area contributed by atoms with Crippen LogP contribution >= 0.6 is 11.3 Å². The second-order valence-electron chi connectivity index (χ2n) is 8.46. The summed E-state index contributed by atoms with van der Waals surface area (Å²) in [5.41, 5.74) is -3.14. The fraction of sp³-hybridized carbons (Fsp3) is 0.0714. The van der Waals surface area contributed by atoms with Gasteiger partial charge in [0.15, 0.2) is 0 Å². The molecule has 0 aliphatic carbocycles. The first-order valence-electron chi connectivity index (χ1n) is 11.1. The fourth-order valence-corrected chi connectivity index (χ4v) is 5.27. The van der Waals surface area contributed by atoms with Crippen molar-refractivity contribution in [2.45, 2.75) is 12.4 Å². The summed E-state index contributed by atoms with van der Waals surface area (Å²) in [5, 5.41) is 12.1. The number of halogens is 6. The summed E-state index contributed by atoms with van der Waals surface area (Å²) >= 11 is 1.46. The molecule has 39 heavy (non-hydrogen) atoms. The van der Waals surface area contributed by atoms with E-state index >= 15 is 0 Å². The summed E-state index contributed by atoms with van der Waals surface area (Å²) in [6, 6.07) is 23.6. The standard InChI is InChI=1S/C28H13F6N2OS.Ir/c29-27(30,31)21-10-9-18(14-22(21)28(32,33)34)37-26-20-12-16-6-2-1-5-15(16)11-19(20)25(35-36-26)24-13-17-7-3-4-8-23(17)38-24;/h1-12,14H;/q-1;. The minimum absolute atomic E-state index is 0. The van der Waals surface area contributed by atoms with E-state index in [1.165, 1.54) is 11.3 Å². The molecule has 0 amide bonds. The third-order valence-electron chi connectivity index (χ3n) is 5.99. The third-order valence-corrected chi connectivity index (χ3v) is 7.07. The smallest absolute Gasteiger partial charge is 0.417 e. The van der Waals surface area contributed by atoms with Gasteiger partial charge in [0.2, 0.25) is 5.88 Å². The first kappa shape index (κ1) is 27.1. The molecule has 2 aromatic heterocycles. The van der Waals surface area contributed by atoms with E-state index in [9.17, 15) is 26.3 Å². The predicted molar refractivity (Wildman–Crippen MR) is 133 cm³/mol. The Morgan fingerprint density at radius 3 is 2.00 bits per heavy atom. The van der Waals surface area contributed by atoms with Crippen molar-refractivity contribution in [2.24, 2.45) is 0 Å². The molecular weight excluding hydrogens is 719 g/mol. The summed E-state index contributed by atoms with van der Waals surface area (Å²) in [6.45, 7) is 0. The molecule has 2 heterocycles. The van der Waals surface area contributed by atoms with Crippen molar-refractivity contribution in [3.63, 3.8) is 0 Å². The zero-order chi connectivity index (χ0) is 26.7. The number of aromatic nitrogens is 2. The topological polar surface area (TPSA) is 35.0 Å². The van der Waals surface area contributed by atoms with Crippen molar-refractivity contribution in [1.29, 1.82) is 0 Å². The second kappa shape index (κ2) is 9.89. The van der Waals surface area contributed by atoms with Crippen molar-refractivity contribution in [2.75, 3.05) is 0 Å². The van der Waals surface area contributed by atoms with Crippen molar-refractivity contribution >= 4 is 43.0 Å². The van der Waals surface area contributed by atoms with E-state index in [4.69, 9.17) is 4.74 Å². The molecule has 0 atom stereocenters. The fourth-order valence-electron chi connectivity index (χ4n) is 4.26. The van der Waals surface area contributed by atoms with Crippen LogP contribution in [0.4, 0.5) is 26.3 Å². The van der Waals surface area contributed by atoms with Crippen LogP contribution in [-0.2, 0) is 32.5 Å². The summed E-state index contributed by atoms with van der Waals surface area (Å²) in [5.74, 6) is -0.584. The number of benzene rings is 4. The normalized spacial score (nSPS) is 12.2. The number of rotatable bonds is 3. The van der Waals surface area contributed by atoms with Crippen LogP contribution in [0.25, 0.3) is 42.2 Å². The van der Waals surface area contributed by atoms with Gasteiger partial charge in [-0.3, -0.25) is 0 Å². The SMILES string of the molecule is FC(F)(F)c1ccc(Oc2nnc(-c3[c-]c4ccccc4s3)c3cc4ccccc4cc23)cc1C(F)(F)F.[Ir]. The molecule has 0 spiro atoms. The quantitative estimate of drug-likeness (QED) is 0.103. The number of thiophene rings is 1. The van der Waals surface area contributed by atoms with Crippen molar-refractivity contribution in [1.82, 2.24) is 10.2 Å². The monoisotopic (exact) mass is 732 g/mol. The molecule has 11 heteroatoms. The Balaban J connectivity index is 0.00000308. The van der Waals surface area contributed by atoms with E-state index in [-0.39, 0.29) is 26.0 Å². The van der Waals surface area contributed by atoms with Crippen molar-refractivity contribution in [3.8, 4) is 22.2 Å². The molecule has 0 aliphatic heterocycles. The van der Waals surface area contributed by atoms with Gasteiger partial charge in [-0.05, 0) is 50.0 Å². The van der Waals surface area contributed by atoms with Crippen LogP contribution in [0.5, 0.6) is 11.6 Å². The molecule has 0 saturated carbocycles. The summed E-state index contributed by atoms with van der Waals surface area (Å²) < 4.78 is 86.7. The third kappa shape index (κ3) is 5.09. The minimum Gasteiger partial charge on any atom is -0.437 e. The first-order chi connectivity index (χ1) is 18.1. The average Bonchev–Trinajstić information content (AvgIpc) is 3.31.